The van der Waals surface area contributed by atoms with E-state index in [1.54, 1.807) is 48.5 Å². The predicted octanol–water partition coefficient (Wildman–Crippen LogP) is 4.58. The summed E-state index contributed by atoms with van der Waals surface area (Å²) in [6.45, 7) is 6.05. The molecule has 0 saturated carbocycles. The Kier molecular flexibility index (Phi) is 5.69. The maximum Gasteiger partial charge on any atom is 0.267 e. The van der Waals surface area contributed by atoms with Gasteiger partial charge in [0.1, 0.15) is 5.75 Å². The summed E-state index contributed by atoms with van der Waals surface area (Å²) in [6.07, 6.45) is -0.998. The molecule has 3 aromatic carbocycles. The predicted molar refractivity (Wildman–Crippen MR) is 126 cm³/mol. The number of anilines is 2. The lowest BCUT2D eigenvalue weighted by atomic mass is 9.86. The number of fused-ring (bicyclic) bond motifs is 1. The molecule has 1 N–H and O–H groups in total. The van der Waals surface area contributed by atoms with E-state index in [4.69, 9.17) is 4.74 Å². The van der Waals surface area contributed by atoms with Gasteiger partial charge in [0.25, 0.3) is 15.9 Å². The van der Waals surface area contributed by atoms with Crippen molar-refractivity contribution in [2.24, 2.45) is 0 Å². The molecule has 6 nitrogen and oxygen atoms in total. The van der Waals surface area contributed by atoms with E-state index in [0.29, 0.717) is 17.1 Å². The van der Waals surface area contributed by atoms with Crippen LogP contribution in [0.3, 0.4) is 0 Å². The molecule has 166 valence electrons. The highest BCUT2D eigenvalue weighted by Crippen LogP contribution is 2.40. The number of para-hydroxylation sites is 1. The molecular weight excluding hydrogens is 424 g/mol. The molecule has 0 aliphatic carbocycles. The molecule has 0 radical (unpaired) electrons. The minimum atomic E-state index is -3.90. The summed E-state index contributed by atoms with van der Waals surface area (Å²) in [4.78, 5) is 13.1. The number of rotatable bonds is 4. The third kappa shape index (κ3) is 4.34. The normalized spacial score (nSPS) is 16.1. The first kappa shape index (κ1) is 21.9. The van der Waals surface area contributed by atoms with Gasteiger partial charge in [0.05, 0.1) is 17.1 Å². The van der Waals surface area contributed by atoms with Crippen molar-refractivity contribution in [1.82, 2.24) is 0 Å². The van der Waals surface area contributed by atoms with Gasteiger partial charge in [0.2, 0.25) is 0 Å². The molecule has 1 heterocycles. The van der Waals surface area contributed by atoms with Crippen LogP contribution in [-0.2, 0) is 20.2 Å². The number of carbonyl (C=O) groups excluding carboxylic acids is 1. The maximum atomic E-state index is 13.6. The first-order chi connectivity index (χ1) is 15.2. The summed E-state index contributed by atoms with van der Waals surface area (Å²) in [5, 5.41) is 2.80. The molecule has 4 rings (SSSR count). The van der Waals surface area contributed by atoms with Crippen molar-refractivity contribution in [2.45, 2.75) is 37.2 Å². The van der Waals surface area contributed by atoms with Gasteiger partial charge in [-0.15, -0.1) is 0 Å². The highest BCUT2D eigenvalue weighted by Gasteiger charge is 2.38. The number of hydrogen-bond acceptors (Lipinski definition) is 4. The number of carbonyl (C=O) groups is 1. The van der Waals surface area contributed by atoms with Crippen LogP contribution in [0.15, 0.2) is 83.8 Å². The molecule has 0 saturated heterocycles. The molecule has 0 aromatic heterocycles. The van der Waals surface area contributed by atoms with Crippen LogP contribution in [0.2, 0.25) is 0 Å². The second-order valence-electron chi connectivity index (χ2n) is 8.74. The molecule has 0 fully saturated rings. The second-order valence-corrected chi connectivity index (χ2v) is 10.6. The van der Waals surface area contributed by atoms with Crippen molar-refractivity contribution in [1.29, 1.82) is 0 Å². The minimum Gasteiger partial charge on any atom is -0.476 e. The van der Waals surface area contributed by atoms with E-state index in [1.807, 2.05) is 30.3 Å². The first-order valence-corrected chi connectivity index (χ1v) is 11.9. The van der Waals surface area contributed by atoms with Crippen molar-refractivity contribution < 1.29 is 17.9 Å². The zero-order valence-corrected chi connectivity index (χ0v) is 19.1. The molecule has 1 aliphatic rings. The fourth-order valence-electron chi connectivity index (χ4n) is 3.55. The average molecular weight is 451 g/mol. The van der Waals surface area contributed by atoms with Crippen LogP contribution in [0.25, 0.3) is 0 Å². The SMILES string of the molecule is CC(C)(C)c1ccc2c(c1)N(S(=O)(=O)c1ccccc1)C[C@@H](C(=O)Nc1ccccc1)O2. The first-order valence-electron chi connectivity index (χ1n) is 10.4. The number of amides is 1. The van der Waals surface area contributed by atoms with E-state index < -0.39 is 22.0 Å². The highest BCUT2D eigenvalue weighted by molar-refractivity contribution is 7.92. The van der Waals surface area contributed by atoms with E-state index in [-0.39, 0.29) is 16.9 Å². The van der Waals surface area contributed by atoms with Gasteiger partial charge in [0.15, 0.2) is 6.10 Å². The summed E-state index contributed by atoms with van der Waals surface area (Å²) >= 11 is 0. The molecule has 0 bridgehead atoms. The molecule has 1 atom stereocenters. The minimum absolute atomic E-state index is 0.128. The third-order valence-electron chi connectivity index (χ3n) is 5.36. The van der Waals surface area contributed by atoms with Gasteiger partial charge in [-0.25, -0.2) is 8.42 Å². The summed E-state index contributed by atoms with van der Waals surface area (Å²) in [7, 11) is -3.90. The number of nitrogens with one attached hydrogen (secondary N) is 1. The summed E-state index contributed by atoms with van der Waals surface area (Å²) < 4.78 is 34.4. The lowest BCUT2D eigenvalue weighted by molar-refractivity contribution is -0.122. The highest BCUT2D eigenvalue weighted by atomic mass is 32.2. The van der Waals surface area contributed by atoms with Crippen LogP contribution in [0.4, 0.5) is 11.4 Å². The smallest absolute Gasteiger partial charge is 0.267 e. The van der Waals surface area contributed by atoms with E-state index in [1.165, 1.54) is 4.31 Å². The molecule has 1 aliphatic heterocycles. The Bertz CT molecular complexity index is 1220. The largest absolute Gasteiger partial charge is 0.476 e. The van der Waals surface area contributed by atoms with Crippen molar-refractivity contribution in [3.05, 3.63) is 84.4 Å². The Labute approximate surface area is 188 Å². The topological polar surface area (TPSA) is 75.7 Å². The van der Waals surface area contributed by atoms with Gasteiger partial charge >= 0.3 is 0 Å². The van der Waals surface area contributed by atoms with Gasteiger partial charge in [-0.3, -0.25) is 9.10 Å². The van der Waals surface area contributed by atoms with Crippen LogP contribution in [-0.4, -0.2) is 27.0 Å². The molecule has 3 aromatic rings. The van der Waals surface area contributed by atoms with E-state index in [9.17, 15) is 13.2 Å². The summed E-state index contributed by atoms with van der Waals surface area (Å²) in [5.41, 5.74) is 1.84. The zero-order valence-electron chi connectivity index (χ0n) is 18.3. The molecule has 1 amide bonds. The van der Waals surface area contributed by atoms with Crippen LogP contribution < -0.4 is 14.4 Å². The van der Waals surface area contributed by atoms with Crippen molar-refractivity contribution in [3.8, 4) is 5.75 Å². The van der Waals surface area contributed by atoms with Crippen LogP contribution in [0.1, 0.15) is 26.3 Å². The third-order valence-corrected chi connectivity index (χ3v) is 7.15. The molecular formula is C25H26N2O4S. The Morgan fingerprint density at radius 1 is 0.969 bits per heavy atom. The van der Waals surface area contributed by atoms with Crippen LogP contribution in [0, 0.1) is 0 Å². The Hall–Kier alpha value is -3.32. The monoisotopic (exact) mass is 450 g/mol. The van der Waals surface area contributed by atoms with Gasteiger partial charge < -0.3 is 10.1 Å². The van der Waals surface area contributed by atoms with Crippen LogP contribution in [0.5, 0.6) is 5.75 Å². The lowest BCUT2D eigenvalue weighted by Crippen LogP contribution is -2.49. The average Bonchev–Trinajstić information content (AvgIpc) is 2.78. The van der Waals surface area contributed by atoms with Gasteiger partial charge in [-0.1, -0.05) is 63.2 Å². The van der Waals surface area contributed by atoms with Crippen LogP contribution >= 0.6 is 0 Å². The van der Waals surface area contributed by atoms with Gasteiger partial charge in [-0.2, -0.15) is 0 Å². The van der Waals surface area contributed by atoms with E-state index >= 15 is 0 Å². The number of benzene rings is 3. The van der Waals surface area contributed by atoms with Crippen molar-refractivity contribution >= 4 is 27.3 Å². The fourth-order valence-corrected chi connectivity index (χ4v) is 5.03. The quantitative estimate of drug-likeness (QED) is 0.631. The zero-order chi connectivity index (χ0) is 22.9. The number of nitrogens with zero attached hydrogens (tertiary/aromatic N) is 1. The molecule has 0 unspecified atom stereocenters. The van der Waals surface area contributed by atoms with Gasteiger partial charge in [-0.05, 0) is 47.4 Å². The standard InChI is InChI=1S/C25H26N2O4S/c1-25(2,3)18-14-15-22-21(16-18)27(32(29,30)20-12-8-5-9-13-20)17-23(31-22)24(28)26-19-10-6-4-7-11-19/h4-16,23H,17H2,1-3H3,(H,26,28)/t23-/m0/s1. The fraction of sp³-hybridized carbons (Fsp3) is 0.240. The number of hydrogen-bond donors (Lipinski definition) is 1. The van der Waals surface area contributed by atoms with Crippen molar-refractivity contribution in [2.75, 3.05) is 16.2 Å². The molecule has 32 heavy (non-hydrogen) atoms. The van der Waals surface area contributed by atoms with E-state index in [0.717, 1.165) is 5.56 Å². The summed E-state index contributed by atoms with van der Waals surface area (Å²) in [6, 6.07) is 22.7. The molecule has 7 heteroatoms. The number of sulfonamides is 1. The van der Waals surface area contributed by atoms with Gasteiger partial charge in [0, 0.05) is 5.69 Å². The maximum absolute atomic E-state index is 13.6. The Morgan fingerprint density at radius 3 is 2.22 bits per heavy atom. The number of ether oxygens (including phenoxy) is 1. The lowest BCUT2D eigenvalue weighted by Gasteiger charge is -2.36. The molecule has 0 spiro atoms. The van der Waals surface area contributed by atoms with Crippen molar-refractivity contribution in [3.63, 3.8) is 0 Å². The Balaban J connectivity index is 1.75. The Morgan fingerprint density at radius 2 is 1.59 bits per heavy atom. The second kappa shape index (κ2) is 8.31. The van der Waals surface area contributed by atoms with E-state index in [2.05, 4.69) is 26.1 Å². The summed E-state index contributed by atoms with van der Waals surface area (Å²) in [5.74, 6) is -0.0491.